The molecular formula is C9H10BrClO2. The van der Waals surface area contributed by atoms with Crippen molar-refractivity contribution in [1.82, 2.24) is 0 Å². The second-order valence-corrected chi connectivity index (χ2v) is 3.91. The maximum atomic E-state index is 9.46. The summed E-state index contributed by atoms with van der Waals surface area (Å²) in [7, 11) is 1.54. The van der Waals surface area contributed by atoms with E-state index in [0.717, 1.165) is 4.47 Å². The van der Waals surface area contributed by atoms with Crippen LogP contribution in [0, 0.1) is 0 Å². The molecule has 0 bridgehead atoms. The van der Waals surface area contributed by atoms with E-state index in [9.17, 15) is 5.11 Å². The van der Waals surface area contributed by atoms with Crippen molar-refractivity contribution < 1.29 is 9.84 Å². The monoisotopic (exact) mass is 264 g/mol. The minimum atomic E-state index is -0.639. The van der Waals surface area contributed by atoms with Gasteiger partial charge in [-0.1, -0.05) is 11.6 Å². The van der Waals surface area contributed by atoms with Crippen LogP contribution >= 0.6 is 27.5 Å². The van der Waals surface area contributed by atoms with E-state index in [4.69, 9.17) is 16.3 Å². The van der Waals surface area contributed by atoms with Gasteiger partial charge in [-0.15, -0.1) is 0 Å². The van der Waals surface area contributed by atoms with E-state index in [1.54, 1.807) is 26.2 Å². The molecule has 0 amide bonds. The average molecular weight is 266 g/mol. The molecule has 0 aliphatic carbocycles. The zero-order valence-corrected chi connectivity index (χ0v) is 9.69. The highest BCUT2D eigenvalue weighted by molar-refractivity contribution is 9.10. The lowest BCUT2D eigenvalue weighted by atomic mass is 10.1. The van der Waals surface area contributed by atoms with E-state index in [2.05, 4.69) is 15.9 Å². The summed E-state index contributed by atoms with van der Waals surface area (Å²) in [5, 5.41) is 9.96. The quantitative estimate of drug-likeness (QED) is 0.890. The number of methoxy groups -OCH3 is 1. The van der Waals surface area contributed by atoms with Crippen LogP contribution in [0.4, 0.5) is 0 Å². The van der Waals surface area contributed by atoms with Gasteiger partial charge >= 0.3 is 0 Å². The van der Waals surface area contributed by atoms with Crippen molar-refractivity contribution in [2.24, 2.45) is 0 Å². The predicted octanol–water partition coefficient (Wildman–Crippen LogP) is 3.16. The fourth-order valence-electron chi connectivity index (χ4n) is 1.15. The lowest BCUT2D eigenvalue weighted by Crippen LogP contribution is -1.98. The molecule has 1 rings (SSSR count). The highest BCUT2D eigenvalue weighted by Gasteiger charge is 2.15. The van der Waals surface area contributed by atoms with Crippen LogP contribution in [0.2, 0.25) is 5.02 Å². The highest BCUT2D eigenvalue weighted by atomic mass is 79.9. The van der Waals surface area contributed by atoms with Crippen LogP contribution in [0.15, 0.2) is 16.6 Å². The summed E-state index contributed by atoms with van der Waals surface area (Å²) in [6.45, 7) is 1.65. The zero-order chi connectivity index (χ0) is 10.0. The van der Waals surface area contributed by atoms with Crippen LogP contribution in [0.3, 0.4) is 0 Å². The molecule has 4 heteroatoms. The number of ether oxygens (including phenoxy) is 1. The van der Waals surface area contributed by atoms with Crippen molar-refractivity contribution in [3.05, 3.63) is 27.2 Å². The first-order valence-electron chi connectivity index (χ1n) is 3.78. The predicted molar refractivity (Wildman–Crippen MR) is 56.3 cm³/mol. The molecule has 0 saturated carbocycles. The van der Waals surface area contributed by atoms with E-state index in [0.29, 0.717) is 16.3 Å². The van der Waals surface area contributed by atoms with Crippen molar-refractivity contribution in [3.8, 4) is 5.75 Å². The van der Waals surface area contributed by atoms with E-state index < -0.39 is 6.10 Å². The first kappa shape index (κ1) is 10.8. The topological polar surface area (TPSA) is 29.5 Å². The summed E-state index contributed by atoms with van der Waals surface area (Å²) < 4.78 is 5.91. The summed E-state index contributed by atoms with van der Waals surface area (Å²) in [6.07, 6.45) is -0.639. The van der Waals surface area contributed by atoms with Gasteiger partial charge in [-0.3, -0.25) is 0 Å². The van der Waals surface area contributed by atoms with E-state index in [-0.39, 0.29) is 0 Å². The van der Waals surface area contributed by atoms with Gasteiger partial charge in [-0.2, -0.15) is 0 Å². The molecule has 0 fully saturated rings. The van der Waals surface area contributed by atoms with Gasteiger partial charge in [0.2, 0.25) is 0 Å². The summed E-state index contributed by atoms with van der Waals surface area (Å²) in [6, 6.07) is 3.50. The molecule has 0 radical (unpaired) electrons. The van der Waals surface area contributed by atoms with E-state index >= 15 is 0 Å². The van der Waals surface area contributed by atoms with Crippen LogP contribution in [-0.2, 0) is 0 Å². The Balaban J connectivity index is 3.35. The second-order valence-electron chi connectivity index (χ2n) is 2.65. The Morgan fingerprint density at radius 1 is 1.54 bits per heavy atom. The Labute approximate surface area is 90.6 Å². The number of aliphatic hydroxyl groups excluding tert-OH is 1. The van der Waals surface area contributed by atoms with Gasteiger partial charge in [0.05, 0.1) is 22.7 Å². The number of hydrogen-bond donors (Lipinski definition) is 1. The number of benzene rings is 1. The van der Waals surface area contributed by atoms with E-state index in [1.165, 1.54) is 0 Å². The van der Waals surface area contributed by atoms with Crippen molar-refractivity contribution in [1.29, 1.82) is 0 Å². The van der Waals surface area contributed by atoms with Crippen LogP contribution in [0.5, 0.6) is 5.75 Å². The minimum absolute atomic E-state index is 0.509. The third-order valence-electron chi connectivity index (χ3n) is 1.72. The highest BCUT2D eigenvalue weighted by Crippen LogP contribution is 2.37. The zero-order valence-electron chi connectivity index (χ0n) is 7.34. The fraction of sp³-hybridized carbons (Fsp3) is 0.333. The van der Waals surface area contributed by atoms with Gasteiger partial charge in [-0.05, 0) is 35.0 Å². The molecule has 72 valence electrons. The molecule has 0 aliphatic heterocycles. The Kier molecular flexibility index (Phi) is 3.59. The van der Waals surface area contributed by atoms with Crippen molar-refractivity contribution in [2.45, 2.75) is 13.0 Å². The number of hydrogen-bond acceptors (Lipinski definition) is 2. The molecular weight excluding hydrogens is 255 g/mol. The molecule has 0 aliphatic rings. The van der Waals surface area contributed by atoms with Crippen LogP contribution < -0.4 is 4.74 Å². The smallest absolute Gasteiger partial charge is 0.140 e. The molecule has 0 heterocycles. The summed E-state index contributed by atoms with van der Waals surface area (Å²) in [4.78, 5) is 0. The molecule has 0 aromatic heterocycles. The van der Waals surface area contributed by atoms with Gasteiger partial charge in [0.15, 0.2) is 0 Å². The molecule has 1 atom stereocenters. The number of aliphatic hydroxyl groups is 1. The van der Waals surface area contributed by atoms with Crippen molar-refractivity contribution in [2.75, 3.05) is 7.11 Å². The fourth-order valence-corrected chi connectivity index (χ4v) is 1.96. The van der Waals surface area contributed by atoms with Gasteiger partial charge in [-0.25, -0.2) is 0 Å². The van der Waals surface area contributed by atoms with Gasteiger partial charge < -0.3 is 9.84 Å². The van der Waals surface area contributed by atoms with Gasteiger partial charge in [0.25, 0.3) is 0 Å². The normalized spacial score (nSPS) is 12.7. The van der Waals surface area contributed by atoms with Crippen LogP contribution in [0.25, 0.3) is 0 Å². The Bertz CT molecular complexity index is 313. The summed E-state index contributed by atoms with van der Waals surface area (Å²) in [5.41, 5.74) is 0.610. The molecule has 1 aromatic carbocycles. The maximum Gasteiger partial charge on any atom is 0.140 e. The largest absolute Gasteiger partial charge is 0.495 e. The number of halogens is 2. The van der Waals surface area contributed by atoms with Gasteiger partial charge in [0.1, 0.15) is 5.75 Å². The molecule has 2 nitrogen and oxygen atoms in total. The molecule has 13 heavy (non-hydrogen) atoms. The first-order valence-corrected chi connectivity index (χ1v) is 4.95. The summed E-state index contributed by atoms with van der Waals surface area (Å²) in [5.74, 6) is 0.586. The van der Waals surface area contributed by atoms with Crippen molar-refractivity contribution in [3.63, 3.8) is 0 Å². The molecule has 1 unspecified atom stereocenters. The molecule has 1 N–H and O–H groups in total. The van der Waals surface area contributed by atoms with Crippen molar-refractivity contribution >= 4 is 27.5 Å². The lowest BCUT2D eigenvalue weighted by molar-refractivity contribution is 0.194. The third-order valence-corrected chi connectivity index (χ3v) is 2.67. The lowest BCUT2D eigenvalue weighted by Gasteiger charge is -2.14. The van der Waals surface area contributed by atoms with Crippen LogP contribution in [0.1, 0.15) is 18.6 Å². The molecule has 0 spiro atoms. The molecule has 0 saturated heterocycles. The third kappa shape index (κ3) is 2.16. The van der Waals surface area contributed by atoms with E-state index in [1.807, 2.05) is 0 Å². The first-order chi connectivity index (χ1) is 6.07. The number of rotatable bonds is 2. The Hall–Kier alpha value is -0.250. The van der Waals surface area contributed by atoms with Crippen LogP contribution in [-0.4, -0.2) is 12.2 Å². The maximum absolute atomic E-state index is 9.46. The SMILES string of the molecule is COc1c(Br)ccc(Cl)c1C(C)O. The van der Waals surface area contributed by atoms with Gasteiger partial charge in [0, 0.05) is 5.56 Å². The second kappa shape index (κ2) is 4.31. The Morgan fingerprint density at radius 3 is 2.54 bits per heavy atom. The minimum Gasteiger partial charge on any atom is -0.495 e. The molecule has 1 aromatic rings. The Morgan fingerprint density at radius 2 is 2.15 bits per heavy atom. The summed E-state index contributed by atoms with van der Waals surface area (Å²) >= 11 is 9.23. The standard InChI is InChI=1S/C9H10BrClO2/c1-5(12)8-7(11)4-3-6(10)9(8)13-2/h3-5,12H,1-2H3. The average Bonchev–Trinajstić information content (AvgIpc) is 2.07.